The van der Waals surface area contributed by atoms with Gasteiger partial charge in [-0.15, -0.1) is 0 Å². The molecule has 5 heteroatoms. The summed E-state index contributed by atoms with van der Waals surface area (Å²) >= 11 is 3.48. The summed E-state index contributed by atoms with van der Waals surface area (Å²) in [6.07, 6.45) is 2.85. The Morgan fingerprint density at radius 1 is 1.41 bits per heavy atom. The molecule has 0 aliphatic carbocycles. The Kier molecular flexibility index (Phi) is 3.68. The molecule has 0 unspecified atom stereocenters. The molecule has 0 radical (unpaired) electrons. The maximum Gasteiger partial charge on any atom is 0.0642 e. The highest BCUT2D eigenvalue weighted by Gasteiger charge is 2.00. The number of nitrogens with zero attached hydrogens (tertiary/aromatic N) is 2. The fourth-order valence-corrected chi connectivity index (χ4v) is 2.13. The average molecular weight is 295 g/mol. The Bertz CT molecular complexity index is 507. The van der Waals surface area contributed by atoms with Gasteiger partial charge in [0.2, 0.25) is 0 Å². The van der Waals surface area contributed by atoms with Gasteiger partial charge < -0.3 is 11.1 Å². The van der Waals surface area contributed by atoms with Crippen molar-refractivity contribution in [2.45, 2.75) is 6.42 Å². The minimum Gasteiger partial charge on any atom is -0.399 e. The Morgan fingerprint density at radius 3 is 2.88 bits per heavy atom. The number of aryl methyl sites for hydroxylation is 1. The molecule has 17 heavy (non-hydrogen) atoms. The molecule has 90 valence electrons. The third-order valence-electron chi connectivity index (χ3n) is 2.46. The van der Waals surface area contributed by atoms with Gasteiger partial charge in [0.05, 0.1) is 5.69 Å². The molecule has 0 saturated heterocycles. The standard InChI is InChI=1S/C12H15BrN4/c1-17-7-5-10(16-17)4-6-15-12-3-2-9(14)8-11(12)13/h2-3,5,7-8,15H,4,6,14H2,1H3. The van der Waals surface area contributed by atoms with Crippen molar-refractivity contribution >= 4 is 27.3 Å². The van der Waals surface area contributed by atoms with E-state index < -0.39 is 0 Å². The lowest BCUT2D eigenvalue weighted by Gasteiger charge is -2.08. The molecule has 0 atom stereocenters. The quantitative estimate of drug-likeness (QED) is 0.852. The molecule has 0 saturated carbocycles. The van der Waals surface area contributed by atoms with E-state index >= 15 is 0 Å². The first-order valence-corrected chi connectivity index (χ1v) is 6.22. The van der Waals surface area contributed by atoms with Gasteiger partial charge in [0.1, 0.15) is 0 Å². The summed E-state index contributed by atoms with van der Waals surface area (Å²) in [4.78, 5) is 0. The van der Waals surface area contributed by atoms with Crippen LogP contribution in [0.1, 0.15) is 5.69 Å². The van der Waals surface area contributed by atoms with Gasteiger partial charge in [0.15, 0.2) is 0 Å². The molecule has 1 aromatic heterocycles. The minimum absolute atomic E-state index is 0.757. The zero-order chi connectivity index (χ0) is 12.3. The van der Waals surface area contributed by atoms with Crippen molar-refractivity contribution in [2.75, 3.05) is 17.6 Å². The van der Waals surface area contributed by atoms with E-state index in [2.05, 4.69) is 26.3 Å². The number of aromatic nitrogens is 2. The molecule has 2 rings (SSSR count). The second-order valence-electron chi connectivity index (χ2n) is 3.90. The number of nitrogens with two attached hydrogens (primary N) is 1. The van der Waals surface area contributed by atoms with Crippen molar-refractivity contribution in [3.63, 3.8) is 0 Å². The summed E-state index contributed by atoms with van der Waals surface area (Å²) in [5.74, 6) is 0. The number of benzene rings is 1. The van der Waals surface area contributed by atoms with Crippen molar-refractivity contribution in [3.05, 3.63) is 40.6 Å². The van der Waals surface area contributed by atoms with Gasteiger partial charge in [-0.3, -0.25) is 4.68 Å². The second-order valence-corrected chi connectivity index (χ2v) is 4.75. The Hall–Kier alpha value is -1.49. The van der Waals surface area contributed by atoms with Crippen LogP contribution < -0.4 is 11.1 Å². The van der Waals surface area contributed by atoms with Gasteiger partial charge >= 0.3 is 0 Å². The van der Waals surface area contributed by atoms with Crippen LogP contribution >= 0.6 is 15.9 Å². The highest BCUT2D eigenvalue weighted by molar-refractivity contribution is 9.10. The smallest absolute Gasteiger partial charge is 0.0642 e. The minimum atomic E-state index is 0.757. The Labute approximate surface area is 109 Å². The zero-order valence-corrected chi connectivity index (χ0v) is 11.2. The van der Waals surface area contributed by atoms with Crippen molar-refractivity contribution < 1.29 is 0 Å². The van der Waals surface area contributed by atoms with Crippen LogP contribution in [-0.2, 0) is 13.5 Å². The van der Waals surface area contributed by atoms with E-state index in [9.17, 15) is 0 Å². The SMILES string of the molecule is Cn1ccc(CCNc2ccc(N)cc2Br)n1. The lowest BCUT2D eigenvalue weighted by Crippen LogP contribution is -2.06. The first-order valence-electron chi connectivity index (χ1n) is 5.42. The summed E-state index contributed by atoms with van der Waals surface area (Å²) in [7, 11) is 1.92. The summed E-state index contributed by atoms with van der Waals surface area (Å²) in [6.45, 7) is 0.847. The largest absolute Gasteiger partial charge is 0.399 e. The number of hydrogen-bond donors (Lipinski definition) is 2. The molecule has 2 aromatic rings. The van der Waals surface area contributed by atoms with Gasteiger partial charge in [-0.2, -0.15) is 5.10 Å². The molecule has 1 heterocycles. The fourth-order valence-electron chi connectivity index (χ4n) is 1.60. The van der Waals surface area contributed by atoms with Crippen LogP contribution in [0.25, 0.3) is 0 Å². The van der Waals surface area contributed by atoms with Crippen molar-refractivity contribution in [1.29, 1.82) is 0 Å². The maximum atomic E-state index is 5.68. The van der Waals surface area contributed by atoms with E-state index in [1.165, 1.54) is 0 Å². The Morgan fingerprint density at radius 2 is 2.24 bits per heavy atom. The third kappa shape index (κ3) is 3.23. The maximum absolute atomic E-state index is 5.68. The average Bonchev–Trinajstić information content (AvgIpc) is 2.68. The van der Waals surface area contributed by atoms with Crippen LogP contribution in [0.2, 0.25) is 0 Å². The molecule has 0 bridgehead atoms. The van der Waals surface area contributed by atoms with E-state index in [1.54, 1.807) is 0 Å². The molecule has 1 aromatic carbocycles. The van der Waals surface area contributed by atoms with Crippen LogP contribution in [0.15, 0.2) is 34.9 Å². The topological polar surface area (TPSA) is 55.9 Å². The zero-order valence-electron chi connectivity index (χ0n) is 9.65. The van der Waals surface area contributed by atoms with Gasteiger partial charge in [-0.05, 0) is 40.2 Å². The van der Waals surface area contributed by atoms with E-state index in [1.807, 2.05) is 42.2 Å². The lowest BCUT2D eigenvalue weighted by molar-refractivity contribution is 0.742. The van der Waals surface area contributed by atoms with Crippen LogP contribution in [0, 0.1) is 0 Å². The molecule has 0 spiro atoms. The molecule has 3 N–H and O–H groups in total. The lowest BCUT2D eigenvalue weighted by atomic mass is 10.2. The number of anilines is 2. The predicted octanol–water partition coefficient (Wildman–Crippen LogP) is 2.42. The molecule has 0 fully saturated rings. The van der Waals surface area contributed by atoms with E-state index in [-0.39, 0.29) is 0 Å². The number of nitrogens with one attached hydrogen (secondary N) is 1. The van der Waals surface area contributed by atoms with Crippen LogP contribution in [0.4, 0.5) is 11.4 Å². The van der Waals surface area contributed by atoms with Crippen molar-refractivity contribution in [2.24, 2.45) is 7.05 Å². The molecular formula is C12H15BrN4. The van der Waals surface area contributed by atoms with Gasteiger partial charge in [-0.25, -0.2) is 0 Å². The van der Waals surface area contributed by atoms with Crippen LogP contribution in [0.5, 0.6) is 0 Å². The van der Waals surface area contributed by atoms with Gasteiger partial charge in [0.25, 0.3) is 0 Å². The second kappa shape index (κ2) is 5.23. The van der Waals surface area contributed by atoms with E-state index in [0.29, 0.717) is 0 Å². The number of rotatable bonds is 4. The highest BCUT2D eigenvalue weighted by atomic mass is 79.9. The summed E-state index contributed by atoms with van der Waals surface area (Å²) in [6, 6.07) is 7.77. The first kappa shape index (κ1) is 12.0. The molecule has 0 amide bonds. The van der Waals surface area contributed by atoms with Gasteiger partial charge in [-0.1, -0.05) is 0 Å². The predicted molar refractivity (Wildman–Crippen MR) is 74.0 cm³/mol. The van der Waals surface area contributed by atoms with E-state index in [0.717, 1.165) is 34.5 Å². The third-order valence-corrected chi connectivity index (χ3v) is 3.11. The monoisotopic (exact) mass is 294 g/mol. The summed E-state index contributed by atoms with van der Waals surface area (Å²) < 4.78 is 2.80. The first-order chi connectivity index (χ1) is 8.15. The number of nitrogen functional groups attached to an aromatic ring is 1. The van der Waals surface area contributed by atoms with Crippen molar-refractivity contribution in [1.82, 2.24) is 9.78 Å². The van der Waals surface area contributed by atoms with E-state index in [4.69, 9.17) is 5.73 Å². The summed E-state index contributed by atoms with van der Waals surface area (Å²) in [5.41, 5.74) is 8.58. The highest BCUT2D eigenvalue weighted by Crippen LogP contribution is 2.24. The number of halogens is 1. The van der Waals surface area contributed by atoms with Crippen molar-refractivity contribution in [3.8, 4) is 0 Å². The fraction of sp³-hybridized carbons (Fsp3) is 0.250. The molecule has 0 aliphatic rings. The van der Waals surface area contributed by atoms with Crippen LogP contribution in [0.3, 0.4) is 0 Å². The number of hydrogen-bond acceptors (Lipinski definition) is 3. The molecule has 0 aliphatic heterocycles. The van der Waals surface area contributed by atoms with Gasteiger partial charge in [0, 0.05) is 42.1 Å². The summed E-state index contributed by atoms with van der Waals surface area (Å²) in [5, 5.41) is 7.67. The molecular weight excluding hydrogens is 280 g/mol. The normalized spacial score (nSPS) is 10.5. The Balaban J connectivity index is 1.90. The van der Waals surface area contributed by atoms with Crippen LogP contribution in [-0.4, -0.2) is 16.3 Å². The molecule has 4 nitrogen and oxygen atoms in total.